The van der Waals surface area contributed by atoms with Crippen LogP contribution in [0.1, 0.15) is 30.5 Å². The highest BCUT2D eigenvalue weighted by Crippen LogP contribution is 2.27. The van der Waals surface area contributed by atoms with Gasteiger partial charge in [0.15, 0.2) is 5.96 Å². The van der Waals surface area contributed by atoms with Gasteiger partial charge in [0.2, 0.25) is 0 Å². The van der Waals surface area contributed by atoms with E-state index in [4.69, 9.17) is 0 Å². The van der Waals surface area contributed by atoms with Crippen molar-refractivity contribution in [2.45, 2.75) is 32.5 Å². The van der Waals surface area contributed by atoms with Crippen molar-refractivity contribution < 1.29 is 0 Å². The Balaban J connectivity index is 1.35. The average Bonchev–Trinajstić information content (AvgIpc) is 3.32. The van der Waals surface area contributed by atoms with Gasteiger partial charge in [-0.15, -0.1) is 0 Å². The number of hydrogen-bond acceptors (Lipinski definition) is 3. The first-order valence-corrected chi connectivity index (χ1v) is 10.8. The van der Waals surface area contributed by atoms with E-state index in [0.29, 0.717) is 25.0 Å². The van der Waals surface area contributed by atoms with Gasteiger partial charge in [-0.2, -0.15) is 0 Å². The zero-order valence-electron chi connectivity index (χ0n) is 18.2. The van der Waals surface area contributed by atoms with E-state index in [0.717, 1.165) is 31.0 Å². The third kappa shape index (κ3) is 5.05. The Kier molecular flexibility index (Phi) is 6.50. The number of aromatic nitrogens is 3. The molecule has 162 valence electrons. The molecule has 3 heterocycles. The van der Waals surface area contributed by atoms with Crippen LogP contribution < -0.4 is 10.9 Å². The lowest BCUT2D eigenvalue weighted by atomic mass is 9.93. The Hall–Kier alpha value is -3.35. The molecule has 4 rings (SSSR count). The number of aliphatic imine (C=N–C) groups is 1. The van der Waals surface area contributed by atoms with Crippen molar-refractivity contribution in [1.29, 1.82) is 0 Å². The van der Waals surface area contributed by atoms with Crippen molar-refractivity contribution in [2.24, 2.45) is 10.9 Å². The summed E-state index contributed by atoms with van der Waals surface area (Å²) >= 11 is 0. The molecule has 0 aliphatic carbocycles. The van der Waals surface area contributed by atoms with Gasteiger partial charge in [0.25, 0.3) is 5.56 Å². The van der Waals surface area contributed by atoms with E-state index in [9.17, 15) is 4.79 Å². The molecule has 1 aliphatic rings. The predicted octanol–water partition coefficient (Wildman–Crippen LogP) is 2.75. The summed E-state index contributed by atoms with van der Waals surface area (Å²) in [6, 6.07) is 14.0. The van der Waals surface area contributed by atoms with Crippen LogP contribution in [0, 0.1) is 5.92 Å². The number of nitrogens with one attached hydrogen (secondary N) is 1. The van der Waals surface area contributed by atoms with Gasteiger partial charge < -0.3 is 19.4 Å². The fraction of sp³-hybridized carbons (Fsp3) is 0.375. The van der Waals surface area contributed by atoms with Crippen LogP contribution in [-0.2, 0) is 13.1 Å². The van der Waals surface area contributed by atoms with Crippen molar-refractivity contribution in [3.8, 4) is 0 Å². The second-order valence-electron chi connectivity index (χ2n) is 8.17. The first-order chi connectivity index (χ1) is 15.1. The third-order valence-electron chi connectivity index (χ3n) is 6.06. The molecule has 1 aromatic carbocycles. The van der Waals surface area contributed by atoms with E-state index >= 15 is 0 Å². The lowest BCUT2D eigenvalue weighted by Crippen LogP contribution is -2.48. The summed E-state index contributed by atoms with van der Waals surface area (Å²) in [6.45, 7) is 5.51. The van der Waals surface area contributed by atoms with Crippen LogP contribution in [-0.4, -0.2) is 45.1 Å². The number of rotatable bonds is 5. The Labute approximate surface area is 183 Å². The molecule has 0 amide bonds. The van der Waals surface area contributed by atoms with Gasteiger partial charge >= 0.3 is 0 Å². The van der Waals surface area contributed by atoms with Crippen LogP contribution in [0.15, 0.2) is 77.2 Å². The van der Waals surface area contributed by atoms with E-state index in [2.05, 4.69) is 55.9 Å². The normalized spacial score (nSPS) is 19.4. The molecule has 0 bridgehead atoms. The maximum absolute atomic E-state index is 11.9. The van der Waals surface area contributed by atoms with E-state index in [1.807, 2.05) is 38.0 Å². The minimum absolute atomic E-state index is 0.0156. The van der Waals surface area contributed by atoms with Crippen LogP contribution in [0.5, 0.6) is 0 Å². The Morgan fingerprint density at radius 1 is 1.16 bits per heavy atom. The van der Waals surface area contributed by atoms with E-state index < -0.39 is 0 Å². The van der Waals surface area contributed by atoms with Crippen molar-refractivity contribution in [1.82, 2.24) is 24.3 Å². The molecule has 1 aliphatic heterocycles. The smallest absolute Gasteiger partial charge is 0.250 e. The minimum atomic E-state index is 0.0156. The fourth-order valence-electron chi connectivity index (χ4n) is 4.16. The topological polar surface area (TPSA) is 67.5 Å². The predicted molar refractivity (Wildman–Crippen MR) is 123 cm³/mol. The summed E-state index contributed by atoms with van der Waals surface area (Å²) in [5.74, 6) is 1.53. The maximum atomic E-state index is 11.9. The van der Waals surface area contributed by atoms with Gasteiger partial charge in [-0.3, -0.25) is 9.79 Å². The molecule has 7 nitrogen and oxygen atoms in total. The molecule has 0 saturated carbocycles. The highest BCUT2D eigenvalue weighted by Gasteiger charge is 2.28. The number of piperidine rings is 1. The number of likely N-dealkylation sites (tertiary alicyclic amines) is 1. The summed E-state index contributed by atoms with van der Waals surface area (Å²) in [4.78, 5) is 23.0. The monoisotopic (exact) mass is 418 g/mol. The molecule has 1 N–H and O–H groups in total. The molecule has 3 aromatic rings. The highest BCUT2D eigenvalue weighted by molar-refractivity contribution is 5.80. The summed E-state index contributed by atoms with van der Waals surface area (Å²) in [7, 11) is 1.84. The maximum Gasteiger partial charge on any atom is 0.250 e. The molecule has 1 fully saturated rings. The zero-order chi connectivity index (χ0) is 21.6. The molecule has 2 aromatic heterocycles. The zero-order valence-corrected chi connectivity index (χ0v) is 18.2. The van der Waals surface area contributed by atoms with Crippen molar-refractivity contribution in [3.05, 3.63) is 88.9 Å². The number of benzene rings is 1. The number of pyridine rings is 1. The Morgan fingerprint density at radius 2 is 1.97 bits per heavy atom. The van der Waals surface area contributed by atoms with Gasteiger partial charge in [0.1, 0.15) is 0 Å². The van der Waals surface area contributed by atoms with Crippen molar-refractivity contribution >= 4 is 5.96 Å². The minimum Gasteiger partial charge on any atom is -0.352 e. The standard InChI is InChI=1S/C24H30N6O/c1-19-10-13-29(17-22(19)30-14-11-26-18-30)24(25-2)27-15-20-6-8-21(9-7-20)16-28-12-4-3-5-23(28)31/h3-9,11-12,14,18-19,22H,10,13,15-17H2,1-2H3,(H,25,27). The van der Waals surface area contributed by atoms with Gasteiger partial charge in [-0.25, -0.2) is 4.98 Å². The van der Waals surface area contributed by atoms with Crippen LogP contribution in [0.25, 0.3) is 0 Å². The molecular weight excluding hydrogens is 388 g/mol. The summed E-state index contributed by atoms with van der Waals surface area (Å²) < 4.78 is 3.92. The molecule has 0 spiro atoms. The Morgan fingerprint density at radius 3 is 2.68 bits per heavy atom. The number of guanidine groups is 1. The summed E-state index contributed by atoms with van der Waals surface area (Å²) in [5.41, 5.74) is 2.30. The molecule has 2 unspecified atom stereocenters. The lowest BCUT2D eigenvalue weighted by Gasteiger charge is -2.39. The van der Waals surface area contributed by atoms with Gasteiger partial charge in [-0.1, -0.05) is 37.3 Å². The highest BCUT2D eigenvalue weighted by atomic mass is 16.1. The second kappa shape index (κ2) is 9.64. The first kappa shape index (κ1) is 20.9. The van der Waals surface area contributed by atoms with Crippen LogP contribution in [0.4, 0.5) is 0 Å². The molecule has 7 heteroatoms. The Bertz CT molecular complexity index is 1050. The first-order valence-electron chi connectivity index (χ1n) is 10.8. The van der Waals surface area contributed by atoms with Gasteiger partial charge in [0, 0.05) is 51.3 Å². The lowest BCUT2D eigenvalue weighted by molar-refractivity contribution is 0.189. The largest absolute Gasteiger partial charge is 0.352 e. The summed E-state index contributed by atoms with van der Waals surface area (Å²) in [6.07, 6.45) is 8.74. The van der Waals surface area contributed by atoms with Crippen LogP contribution in [0.2, 0.25) is 0 Å². The van der Waals surface area contributed by atoms with Crippen molar-refractivity contribution in [3.63, 3.8) is 0 Å². The SMILES string of the molecule is CN=C(NCc1ccc(Cn2ccccc2=O)cc1)N1CCC(C)C(n2ccnc2)C1. The van der Waals surface area contributed by atoms with Gasteiger partial charge in [-0.05, 0) is 29.5 Å². The number of nitrogens with zero attached hydrogens (tertiary/aromatic N) is 5. The van der Waals surface area contributed by atoms with Gasteiger partial charge in [0.05, 0.1) is 18.9 Å². The number of imidazole rings is 1. The van der Waals surface area contributed by atoms with E-state index in [1.54, 1.807) is 16.7 Å². The second-order valence-corrected chi connectivity index (χ2v) is 8.17. The molecular formula is C24H30N6O. The van der Waals surface area contributed by atoms with E-state index in [-0.39, 0.29) is 5.56 Å². The van der Waals surface area contributed by atoms with Crippen molar-refractivity contribution in [2.75, 3.05) is 20.1 Å². The third-order valence-corrected chi connectivity index (χ3v) is 6.06. The molecule has 1 saturated heterocycles. The van der Waals surface area contributed by atoms with E-state index in [1.165, 1.54) is 5.56 Å². The van der Waals surface area contributed by atoms with Crippen LogP contribution in [0.3, 0.4) is 0 Å². The molecule has 31 heavy (non-hydrogen) atoms. The van der Waals surface area contributed by atoms with Crippen LogP contribution >= 0.6 is 0 Å². The molecule has 0 radical (unpaired) electrons. The number of hydrogen-bond donors (Lipinski definition) is 1. The molecule has 2 atom stereocenters. The summed E-state index contributed by atoms with van der Waals surface area (Å²) in [5, 5.41) is 3.51. The quantitative estimate of drug-likeness (QED) is 0.511. The fourth-order valence-corrected chi connectivity index (χ4v) is 4.16. The average molecular weight is 419 g/mol.